The van der Waals surface area contributed by atoms with E-state index in [9.17, 15) is 14.0 Å². The molecule has 3 aromatic carbocycles. The first kappa shape index (κ1) is 19.1. The molecule has 0 fully saturated rings. The monoisotopic (exact) mass is 378 g/mol. The molecule has 3 rings (SSSR count). The van der Waals surface area contributed by atoms with Gasteiger partial charge >= 0.3 is 0 Å². The van der Waals surface area contributed by atoms with Crippen LogP contribution < -0.4 is 15.4 Å². The van der Waals surface area contributed by atoms with Crippen molar-refractivity contribution in [2.75, 3.05) is 11.9 Å². The average Bonchev–Trinajstić information content (AvgIpc) is 2.73. The third-order valence-electron chi connectivity index (χ3n) is 3.89. The summed E-state index contributed by atoms with van der Waals surface area (Å²) in [6.07, 6.45) is 0. The Morgan fingerprint density at radius 1 is 0.893 bits per heavy atom. The van der Waals surface area contributed by atoms with E-state index in [0.29, 0.717) is 23.5 Å². The van der Waals surface area contributed by atoms with Gasteiger partial charge in [0, 0.05) is 17.8 Å². The maximum atomic E-state index is 12.9. The molecular formula is C22H19FN2O3. The lowest BCUT2D eigenvalue weighted by Gasteiger charge is -2.09. The Morgan fingerprint density at radius 3 is 2.39 bits per heavy atom. The van der Waals surface area contributed by atoms with Gasteiger partial charge in [-0.25, -0.2) is 4.39 Å². The summed E-state index contributed by atoms with van der Waals surface area (Å²) in [4.78, 5) is 24.2. The number of hydrogen-bond acceptors (Lipinski definition) is 3. The Balaban J connectivity index is 1.51. The van der Waals surface area contributed by atoms with Crippen LogP contribution in [0.1, 0.15) is 15.9 Å². The first-order chi connectivity index (χ1) is 13.6. The summed E-state index contributed by atoms with van der Waals surface area (Å²) in [5.41, 5.74) is 1.91. The van der Waals surface area contributed by atoms with Crippen LogP contribution >= 0.6 is 0 Å². The van der Waals surface area contributed by atoms with E-state index in [0.717, 1.165) is 5.56 Å². The first-order valence-corrected chi connectivity index (χ1v) is 8.70. The van der Waals surface area contributed by atoms with Gasteiger partial charge in [0.1, 0.15) is 11.6 Å². The van der Waals surface area contributed by atoms with Crippen LogP contribution in [0.5, 0.6) is 5.75 Å². The van der Waals surface area contributed by atoms with Crippen LogP contribution in [0.25, 0.3) is 0 Å². The second-order valence-electron chi connectivity index (χ2n) is 6.04. The molecule has 0 aliphatic heterocycles. The normalized spacial score (nSPS) is 10.2. The van der Waals surface area contributed by atoms with Crippen molar-refractivity contribution in [3.05, 3.63) is 95.8 Å². The van der Waals surface area contributed by atoms with Crippen molar-refractivity contribution in [1.29, 1.82) is 0 Å². The first-order valence-electron chi connectivity index (χ1n) is 8.70. The van der Waals surface area contributed by atoms with Crippen molar-refractivity contribution in [3.63, 3.8) is 0 Å². The van der Waals surface area contributed by atoms with Crippen molar-refractivity contribution < 1.29 is 18.7 Å². The Hall–Kier alpha value is -3.67. The summed E-state index contributed by atoms with van der Waals surface area (Å²) in [6.45, 7) is 0.192. The van der Waals surface area contributed by atoms with E-state index in [1.807, 2.05) is 30.3 Å². The topological polar surface area (TPSA) is 67.4 Å². The molecule has 0 atom stereocenters. The molecule has 5 nitrogen and oxygen atoms in total. The van der Waals surface area contributed by atoms with Crippen molar-refractivity contribution in [1.82, 2.24) is 5.32 Å². The van der Waals surface area contributed by atoms with E-state index in [4.69, 9.17) is 4.74 Å². The summed E-state index contributed by atoms with van der Waals surface area (Å²) in [6, 6.07) is 21.6. The molecule has 3 aromatic rings. The van der Waals surface area contributed by atoms with Crippen LogP contribution in [0.3, 0.4) is 0 Å². The van der Waals surface area contributed by atoms with E-state index in [2.05, 4.69) is 10.6 Å². The number of anilines is 1. The quantitative estimate of drug-likeness (QED) is 0.658. The molecule has 2 N–H and O–H groups in total. The molecule has 0 unspecified atom stereocenters. The van der Waals surface area contributed by atoms with Crippen LogP contribution in [0, 0.1) is 5.82 Å². The predicted octanol–water partition coefficient (Wildman–Crippen LogP) is 3.77. The van der Waals surface area contributed by atoms with Gasteiger partial charge < -0.3 is 15.4 Å². The highest BCUT2D eigenvalue weighted by Crippen LogP contribution is 2.14. The van der Waals surface area contributed by atoms with Crippen LogP contribution in [0.2, 0.25) is 0 Å². The lowest BCUT2D eigenvalue weighted by Crippen LogP contribution is -2.23. The highest BCUT2D eigenvalue weighted by molar-refractivity contribution is 5.94. The molecule has 0 saturated heterocycles. The Morgan fingerprint density at radius 2 is 1.64 bits per heavy atom. The number of nitrogens with one attached hydrogen (secondary N) is 2. The molecule has 6 heteroatoms. The summed E-state index contributed by atoms with van der Waals surface area (Å²) in [5, 5.41) is 5.45. The largest absolute Gasteiger partial charge is 0.484 e. The number of rotatable bonds is 7. The van der Waals surface area contributed by atoms with Gasteiger partial charge in [0.25, 0.3) is 11.8 Å². The fourth-order valence-electron chi connectivity index (χ4n) is 2.49. The van der Waals surface area contributed by atoms with E-state index in [-0.39, 0.29) is 24.2 Å². The van der Waals surface area contributed by atoms with Gasteiger partial charge in [-0.15, -0.1) is 0 Å². The highest BCUT2D eigenvalue weighted by atomic mass is 19.1. The van der Waals surface area contributed by atoms with Gasteiger partial charge in [-0.1, -0.05) is 36.4 Å². The summed E-state index contributed by atoms with van der Waals surface area (Å²) < 4.78 is 18.3. The number of amides is 2. The fourth-order valence-corrected chi connectivity index (χ4v) is 2.49. The van der Waals surface area contributed by atoms with Crippen LogP contribution in [0.15, 0.2) is 78.9 Å². The highest BCUT2D eigenvalue weighted by Gasteiger charge is 2.08. The minimum Gasteiger partial charge on any atom is -0.484 e. The van der Waals surface area contributed by atoms with Crippen molar-refractivity contribution in [2.45, 2.75) is 6.54 Å². The van der Waals surface area contributed by atoms with E-state index in [1.165, 1.54) is 24.3 Å². The van der Waals surface area contributed by atoms with Gasteiger partial charge in [-0.05, 0) is 48.0 Å². The van der Waals surface area contributed by atoms with Gasteiger partial charge in [0.15, 0.2) is 6.61 Å². The second kappa shape index (κ2) is 9.32. The minimum absolute atomic E-state index is 0.230. The average molecular weight is 378 g/mol. The molecule has 0 spiro atoms. The van der Waals surface area contributed by atoms with E-state index >= 15 is 0 Å². The van der Waals surface area contributed by atoms with Crippen molar-refractivity contribution in [3.8, 4) is 5.75 Å². The zero-order chi connectivity index (χ0) is 19.8. The predicted molar refractivity (Wildman–Crippen MR) is 105 cm³/mol. The maximum Gasteiger partial charge on any atom is 0.262 e. The molecular weight excluding hydrogens is 359 g/mol. The lowest BCUT2D eigenvalue weighted by molar-refractivity contribution is -0.118. The number of carbonyl (C=O) groups is 2. The van der Waals surface area contributed by atoms with Gasteiger partial charge in [0.2, 0.25) is 0 Å². The van der Waals surface area contributed by atoms with Crippen LogP contribution in [-0.2, 0) is 11.3 Å². The molecule has 0 aromatic heterocycles. The zero-order valence-corrected chi connectivity index (χ0v) is 15.0. The Kier molecular flexibility index (Phi) is 6.36. The fraction of sp³-hybridized carbons (Fsp3) is 0.0909. The molecule has 0 radical (unpaired) electrons. The summed E-state index contributed by atoms with van der Waals surface area (Å²) >= 11 is 0. The Bertz CT molecular complexity index is 944. The molecule has 0 saturated carbocycles. The zero-order valence-electron chi connectivity index (χ0n) is 15.0. The lowest BCUT2D eigenvalue weighted by atomic mass is 10.2. The molecule has 0 heterocycles. The number of ether oxygens (including phenoxy) is 1. The molecule has 2 amide bonds. The molecule has 28 heavy (non-hydrogen) atoms. The second-order valence-corrected chi connectivity index (χ2v) is 6.04. The van der Waals surface area contributed by atoms with Crippen molar-refractivity contribution in [2.24, 2.45) is 0 Å². The molecule has 0 bridgehead atoms. The third-order valence-corrected chi connectivity index (χ3v) is 3.89. The molecule has 142 valence electrons. The number of benzene rings is 3. The number of carbonyl (C=O) groups excluding carboxylic acids is 2. The third kappa shape index (κ3) is 5.67. The smallest absolute Gasteiger partial charge is 0.262 e. The number of halogens is 1. The summed E-state index contributed by atoms with van der Waals surface area (Å²) in [5.74, 6) is -0.589. The van der Waals surface area contributed by atoms with Gasteiger partial charge in [0.05, 0.1) is 0 Å². The molecule has 0 aliphatic carbocycles. The van der Waals surface area contributed by atoms with Crippen molar-refractivity contribution >= 4 is 17.5 Å². The Labute approximate surface area is 162 Å². The van der Waals surface area contributed by atoms with E-state index < -0.39 is 0 Å². The standard InChI is InChI=1S/C22H19FN2O3/c23-18-9-11-19(12-10-18)25-21(26)15-28-20-8-4-7-17(13-20)22(27)24-14-16-5-2-1-3-6-16/h1-13H,14-15H2,(H,24,27)(H,25,26). The number of hydrogen-bond donors (Lipinski definition) is 2. The summed E-state index contributed by atoms with van der Waals surface area (Å²) in [7, 11) is 0. The van der Waals surface area contributed by atoms with Gasteiger partial charge in [-0.3, -0.25) is 9.59 Å². The van der Waals surface area contributed by atoms with Crippen LogP contribution in [0.4, 0.5) is 10.1 Å². The molecule has 0 aliphatic rings. The maximum absolute atomic E-state index is 12.9. The SMILES string of the molecule is O=C(COc1cccc(C(=O)NCc2ccccc2)c1)Nc1ccc(F)cc1. The minimum atomic E-state index is -0.384. The van der Waals surface area contributed by atoms with E-state index in [1.54, 1.807) is 24.3 Å². The van der Waals surface area contributed by atoms with Gasteiger partial charge in [-0.2, -0.15) is 0 Å². The van der Waals surface area contributed by atoms with Crippen LogP contribution in [-0.4, -0.2) is 18.4 Å².